The molecule has 238 valence electrons. The summed E-state index contributed by atoms with van der Waals surface area (Å²) in [5.74, 6) is -0.0717. The van der Waals surface area contributed by atoms with Crippen LogP contribution in [-0.2, 0) is 10.9 Å². The Morgan fingerprint density at radius 1 is 1.09 bits per heavy atom. The van der Waals surface area contributed by atoms with E-state index in [1.165, 1.54) is 6.07 Å². The van der Waals surface area contributed by atoms with Gasteiger partial charge in [0.2, 0.25) is 0 Å². The molecule has 2 aromatic rings. The third kappa shape index (κ3) is 10.1. The zero-order valence-corrected chi connectivity index (χ0v) is 25.4. The van der Waals surface area contributed by atoms with Crippen LogP contribution in [0.15, 0.2) is 42.5 Å². The molecule has 1 aliphatic heterocycles. The first-order chi connectivity index (χ1) is 20.3. The molecule has 0 aliphatic carbocycles. The van der Waals surface area contributed by atoms with Crippen molar-refractivity contribution >= 4 is 23.3 Å². The van der Waals surface area contributed by atoms with E-state index < -0.39 is 23.8 Å². The van der Waals surface area contributed by atoms with Crippen LogP contribution in [0.2, 0.25) is 0 Å². The van der Waals surface area contributed by atoms with Crippen molar-refractivity contribution in [2.24, 2.45) is 5.92 Å². The van der Waals surface area contributed by atoms with Crippen molar-refractivity contribution in [1.29, 1.82) is 0 Å². The topological polar surface area (TPSA) is 103 Å². The van der Waals surface area contributed by atoms with Gasteiger partial charge in [-0.2, -0.15) is 13.2 Å². The molecule has 9 nitrogen and oxygen atoms in total. The zero-order valence-electron chi connectivity index (χ0n) is 25.4. The largest absolute Gasteiger partial charge is 0.490 e. The number of alkyl halides is 3. The van der Waals surface area contributed by atoms with Crippen molar-refractivity contribution < 1.29 is 37.3 Å². The van der Waals surface area contributed by atoms with Crippen molar-refractivity contribution in [1.82, 2.24) is 9.80 Å². The number of aliphatic hydroxyl groups is 1. The van der Waals surface area contributed by atoms with Crippen molar-refractivity contribution in [2.45, 2.75) is 64.5 Å². The van der Waals surface area contributed by atoms with Gasteiger partial charge in [-0.1, -0.05) is 6.92 Å². The molecule has 0 aromatic heterocycles. The van der Waals surface area contributed by atoms with Crippen LogP contribution < -0.4 is 15.4 Å². The smallest absolute Gasteiger partial charge is 0.416 e. The van der Waals surface area contributed by atoms with Gasteiger partial charge in [0.25, 0.3) is 5.91 Å². The lowest BCUT2D eigenvalue weighted by Gasteiger charge is -2.35. The molecular weight excluding hydrogens is 565 g/mol. The Morgan fingerprint density at radius 2 is 1.74 bits per heavy atom. The highest BCUT2D eigenvalue weighted by atomic mass is 19.4. The van der Waals surface area contributed by atoms with Crippen LogP contribution in [0.25, 0.3) is 0 Å². The second-order valence-electron chi connectivity index (χ2n) is 11.4. The maximum absolute atomic E-state index is 14.1. The van der Waals surface area contributed by atoms with E-state index in [1.54, 1.807) is 24.0 Å². The number of fused-ring (bicyclic) bond motifs is 1. The van der Waals surface area contributed by atoms with E-state index in [4.69, 9.17) is 9.47 Å². The summed E-state index contributed by atoms with van der Waals surface area (Å²) in [5.41, 5.74) is -0.155. The van der Waals surface area contributed by atoms with Gasteiger partial charge in [0.05, 0.1) is 36.0 Å². The summed E-state index contributed by atoms with van der Waals surface area (Å²) in [6.07, 6.45) is -2.32. The molecule has 43 heavy (non-hydrogen) atoms. The highest BCUT2D eigenvalue weighted by molar-refractivity contribution is 6.02. The molecule has 0 fully saturated rings. The molecule has 3 rings (SSSR count). The monoisotopic (exact) mass is 608 g/mol. The number of likely N-dealkylation sites (N-methyl/N-ethyl adjacent to an activating group) is 1. The van der Waals surface area contributed by atoms with E-state index >= 15 is 0 Å². The molecule has 3 N–H and O–H groups in total. The predicted molar refractivity (Wildman–Crippen MR) is 160 cm³/mol. The molecule has 0 bridgehead atoms. The Morgan fingerprint density at radius 3 is 2.37 bits per heavy atom. The number of hydrogen-bond donors (Lipinski definition) is 3. The molecule has 0 saturated heterocycles. The maximum Gasteiger partial charge on any atom is 0.416 e. The first kappa shape index (κ1) is 34.1. The van der Waals surface area contributed by atoms with Crippen LogP contribution in [0.1, 0.15) is 56.0 Å². The van der Waals surface area contributed by atoms with E-state index in [-0.39, 0.29) is 47.6 Å². The van der Waals surface area contributed by atoms with Crippen molar-refractivity contribution in [3.63, 3.8) is 0 Å². The number of benzene rings is 2. The van der Waals surface area contributed by atoms with E-state index in [0.717, 1.165) is 43.5 Å². The number of urea groups is 1. The van der Waals surface area contributed by atoms with Crippen LogP contribution in [0.4, 0.5) is 29.3 Å². The SMILES string of the molecule is C[C@@H]1CN([C@H](C)CO)C(=O)c2cc(NC(=O)Nc3ccc(C(F)(F)F)cc3)ccc2O[C@@H](C)CCCCO[C@H]1CN(C)C. The quantitative estimate of drug-likeness (QED) is 0.389. The number of carbonyl (C=O) groups is 2. The summed E-state index contributed by atoms with van der Waals surface area (Å²) in [6, 6.07) is 7.60. The zero-order chi connectivity index (χ0) is 31.7. The lowest BCUT2D eigenvalue weighted by atomic mass is 10.0. The Labute approximate surface area is 251 Å². The summed E-state index contributed by atoms with van der Waals surface area (Å²) >= 11 is 0. The molecule has 1 aliphatic rings. The molecule has 3 amide bonds. The average molecular weight is 609 g/mol. The van der Waals surface area contributed by atoms with Crippen LogP contribution >= 0.6 is 0 Å². The third-order valence-electron chi connectivity index (χ3n) is 7.32. The van der Waals surface area contributed by atoms with Gasteiger partial charge in [0, 0.05) is 37.0 Å². The Balaban J connectivity index is 1.90. The number of carbonyl (C=O) groups excluding carboxylic acids is 2. The number of amides is 3. The summed E-state index contributed by atoms with van der Waals surface area (Å²) in [7, 11) is 3.94. The standard InChI is InChI=1S/C31H43F3N4O5/c1-20-17-38(21(2)19-39)29(40)26-16-25(36-30(41)35-24-11-9-23(10-12-24)31(32,33)34)13-14-27(26)43-22(3)8-6-7-15-42-28(20)18-37(4)5/h9-14,16,20-22,28,39H,6-8,15,17-19H2,1-5H3,(H2,35,36,41)/t20-,21-,22+,28+/m1/s1. The number of hydrogen-bond acceptors (Lipinski definition) is 6. The van der Waals surface area contributed by atoms with E-state index in [0.29, 0.717) is 25.4 Å². The van der Waals surface area contributed by atoms with Crippen molar-refractivity contribution in [3.8, 4) is 5.75 Å². The van der Waals surface area contributed by atoms with Gasteiger partial charge in [-0.3, -0.25) is 4.79 Å². The number of rotatable bonds is 6. The molecule has 1 heterocycles. The third-order valence-corrected chi connectivity index (χ3v) is 7.32. The predicted octanol–water partition coefficient (Wildman–Crippen LogP) is 5.71. The highest BCUT2D eigenvalue weighted by Crippen LogP contribution is 2.31. The second-order valence-corrected chi connectivity index (χ2v) is 11.4. The minimum absolute atomic E-state index is 0.0533. The molecular formula is C31H43F3N4O5. The number of ether oxygens (including phenoxy) is 2. The lowest BCUT2D eigenvalue weighted by Crippen LogP contribution is -2.47. The number of anilines is 2. The number of nitrogens with one attached hydrogen (secondary N) is 2. The lowest BCUT2D eigenvalue weighted by molar-refractivity contribution is -0.137. The van der Waals surface area contributed by atoms with Crippen LogP contribution in [0, 0.1) is 5.92 Å². The molecule has 0 unspecified atom stereocenters. The second kappa shape index (κ2) is 15.4. The Bertz CT molecular complexity index is 1210. The van der Waals surface area contributed by atoms with Gasteiger partial charge in [-0.25, -0.2) is 4.79 Å². The molecule has 2 aromatic carbocycles. The average Bonchev–Trinajstić information content (AvgIpc) is 2.94. The van der Waals surface area contributed by atoms with Gasteiger partial charge < -0.3 is 35.0 Å². The molecule has 0 saturated carbocycles. The minimum atomic E-state index is -4.48. The maximum atomic E-state index is 14.1. The Hall–Kier alpha value is -3.35. The number of nitrogens with zero attached hydrogens (tertiary/aromatic N) is 2. The minimum Gasteiger partial charge on any atom is -0.490 e. The molecule has 0 radical (unpaired) electrons. The van der Waals surface area contributed by atoms with E-state index in [9.17, 15) is 27.9 Å². The molecule has 0 spiro atoms. The van der Waals surface area contributed by atoms with Gasteiger partial charge >= 0.3 is 12.2 Å². The highest BCUT2D eigenvalue weighted by Gasteiger charge is 2.31. The van der Waals surface area contributed by atoms with Crippen LogP contribution in [0.3, 0.4) is 0 Å². The van der Waals surface area contributed by atoms with Gasteiger partial charge in [0.15, 0.2) is 0 Å². The first-order valence-electron chi connectivity index (χ1n) is 14.5. The molecule has 12 heteroatoms. The van der Waals surface area contributed by atoms with E-state index in [1.807, 2.05) is 32.8 Å². The van der Waals surface area contributed by atoms with Crippen LogP contribution in [-0.4, -0.2) is 85.5 Å². The Kier molecular flexibility index (Phi) is 12.2. The normalized spacial score (nSPS) is 21.4. The summed E-state index contributed by atoms with van der Waals surface area (Å²) in [5, 5.41) is 15.2. The summed E-state index contributed by atoms with van der Waals surface area (Å²) in [4.78, 5) is 30.4. The van der Waals surface area contributed by atoms with Gasteiger partial charge in [0.1, 0.15) is 5.75 Å². The van der Waals surface area contributed by atoms with Gasteiger partial charge in [-0.05, 0) is 89.7 Å². The first-order valence-corrected chi connectivity index (χ1v) is 14.5. The summed E-state index contributed by atoms with van der Waals surface area (Å²) < 4.78 is 51.1. The van der Waals surface area contributed by atoms with Crippen LogP contribution in [0.5, 0.6) is 5.75 Å². The fraction of sp³-hybridized carbons (Fsp3) is 0.548. The number of halogens is 3. The van der Waals surface area contributed by atoms with Crippen molar-refractivity contribution in [3.05, 3.63) is 53.6 Å². The molecule has 4 atom stereocenters. The summed E-state index contributed by atoms with van der Waals surface area (Å²) in [6.45, 7) is 7.05. The fourth-order valence-electron chi connectivity index (χ4n) is 4.86. The van der Waals surface area contributed by atoms with E-state index in [2.05, 4.69) is 10.6 Å². The van der Waals surface area contributed by atoms with Crippen molar-refractivity contribution in [2.75, 3.05) is 51.0 Å². The van der Waals surface area contributed by atoms with Gasteiger partial charge in [-0.15, -0.1) is 0 Å². The fourth-order valence-corrected chi connectivity index (χ4v) is 4.86. The number of aliphatic hydroxyl groups excluding tert-OH is 1.